The molecular formula is C7H8N2O3. The van der Waals surface area contributed by atoms with Crippen molar-refractivity contribution < 1.29 is 10.1 Å². The van der Waals surface area contributed by atoms with Crippen molar-refractivity contribution in [3.8, 4) is 0 Å². The van der Waals surface area contributed by atoms with Crippen LogP contribution >= 0.6 is 0 Å². The molecule has 0 unspecified atom stereocenters. The molecular weight excluding hydrogens is 160 g/mol. The van der Waals surface area contributed by atoms with E-state index in [4.69, 9.17) is 5.21 Å². The van der Waals surface area contributed by atoms with Gasteiger partial charge in [0.25, 0.3) is 5.69 Å². The summed E-state index contributed by atoms with van der Waals surface area (Å²) in [5, 5.41) is 18.9. The average molecular weight is 168 g/mol. The molecule has 1 rings (SSSR count). The molecule has 0 aliphatic carbocycles. The summed E-state index contributed by atoms with van der Waals surface area (Å²) >= 11 is 0. The Kier molecular flexibility index (Phi) is 2.25. The van der Waals surface area contributed by atoms with Gasteiger partial charge in [0.15, 0.2) is 0 Å². The summed E-state index contributed by atoms with van der Waals surface area (Å²) in [5.74, 6) is 0. The van der Waals surface area contributed by atoms with E-state index >= 15 is 0 Å². The van der Waals surface area contributed by atoms with Crippen LogP contribution in [0.3, 0.4) is 0 Å². The van der Waals surface area contributed by atoms with Crippen LogP contribution in [0.25, 0.3) is 0 Å². The normalized spacial score (nSPS) is 9.50. The summed E-state index contributed by atoms with van der Waals surface area (Å²) in [5.41, 5.74) is 2.60. The molecule has 2 N–H and O–H groups in total. The number of nitro benzene ring substituents is 1. The van der Waals surface area contributed by atoms with E-state index in [1.54, 1.807) is 18.5 Å². The molecule has 0 atom stereocenters. The molecule has 0 aromatic heterocycles. The van der Waals surface area contributed by atoms with Gasteiger partial charge >= 0.3 is 0 Å². The number of nitrogens with one attached hydrogen (secondary N) is 1. The van der Waals surface area contributed by atoms with Crippen LogP contribution in [0, 0.1) is 17.0 Å². The first-order valence-electron chi connectivity index (χ1n) is 3.30. The standard InChI is InChI=1S/C7H8N2O3/c1-5-2-3-7(9(11)12)6(4-5)8-10/h2-4,8,10H,1H3. The van der Waals surface area contributed by atoms with Crippen molar-refractivity contribution in [2.45, 2.75) is 6.92 Å². The van der Waals surface area contributed by atoms with Crippen LogP contribution in [0.4, 0.5) is 11.4 Å². The van der Waals surface area contributed by atoms with Crippen LogP contribution in [-0.4, -0.2) is 10.1 Å². The molecule has 0 fully saturated rings. The Morgan fingerprint density at radius 3 is 2.75 bits per heavy atom. The average Bonchev–Trinajstić information content (AvgIpc) is 2.03. The quantitative estimate of drug-likeness (QED) is 0.520. The molecule has 1 aromatic carbocycles. The number of nitro groups is 1. The number of rotatable bonds is 2. The zero-order valence-electron chi connectivity index (χ0n) is 6.44. The van der Waals surface area contributed by atoms with E-state index in [1.165, 1.54) is 12.1 Å². The highest BCUT2D eigenvalue weighted by molar-refractivity contribution is 5.61. The highest BCUT2D eigenvalue weighted by Gasteiger charge is 2.11. The SMILES string of the molecule is Cc1ccc([N+](=O)[O-])c(NO)c1. The number of hydrogen-bond acceptors (Lipinski definition) is 4. The predicted molar refractivity (Wildman–Crippen MR) is 43.2 cm³/mol. The van der Waals surface area contributed by atoms with Crippen LogP contribution < -0.4 is 5.48 Å². The molecule has 5 nitrogen and oxygen atoms in total. The summed E-state index contributed by atoms with van der Waals surface area (Å²) in [6.07, 6.45) is 0. The minimum absolute atomic E-state index is 0.111. The fourth-order valence-electron chi connectivity index (χ4n) is 0.899. The molecule has 64 valence electrons. The highest BCUT2D eigenvalue weighted by atomic mass is 16.6. The van der Waals surface area contributed by atoms with Crippen molar-refractivity contribution in [1.29, 1.82) is 0 Å². The third kappa shape index (κ3) is 1.51. The van der Waals surface area contributed by atoms with E-state index in [2.05, 4.69) is 0 Å². The van der Waals surface area contributed by atoms with E-state index in [0.717, 1.165) is 5.56 Å². The maximum absolute atomic E-state index is 10.3. The van der Waals surface area contributed by atoms with Gasteiger partial charge in [-0.2, -0.15) is 0 Å². The van der Waals surface area contributed by atoms with Gasteiger partial charge in [0.05, 0.1) is 4.92 Å². The first-order valence-corrected chi connectivity index (χ1v) is 3.30. The molecule has 0 spiro atoms. The van der Waals surface area contributed by atoms with Crippen molar-refractivity contribution in [2.75, 3.05) is 5.48 Å². The van der Waals surface area contributed by atoms with Crippen molar-refractivity contribution in [1.82, 2.24) is 0 Å². The molecule has 0 amide bonds. The van der Waals surface area contributed by atoms with Gasteiger partial charge in [0, 0.05) is 6.07 Å². The smallest absolute Gasteiger partial charge is 0.291 e. The van der Waals surface area contributed by atoms with Gasteiger partial charge in [-0.15, -0.1) is 0 Å². The maximum Gasteiger partial charge on any atom is 0.294 e. The van der Waals surface area contributed by atoms with Gasteiger partial charge in [0.2, 0.25) is 0 Å². The third-order valence-corrected chi connectivity index (χ3v) is 1.47. The Labute approximate surface area is 68.7 Å². The van der Waals surface area contributed by atoms with Gasteiger partial charge in [0.1, 0.15) is 5.69 Å². The van der Waals surface area contributed by atoms with E-state index < -0.39 is 4.92 Å². The van der Waals surface area contributed by atoms with E-state index in [0.29, 0.717) is 0 Å². The summed E-state index contributed by atoms with van der Waals surface area (Å²) < 4.78 is 0. The Hall–Kier alpha value is -1.62. The molecule has 0 bridgehead atoms. The molecule has 0 saturated carbocycles. The van der Waals surface area contributed by atoms with Crippen molar-refractivity contribution in [3.05, 3.63) is 33.9 Å². The van der Waals surface area contributed by atoms with Crippen LogP contribution in [-0.2, 0) is 0 Å². The molecule has 0 saturated heterocycles. The predicted octanol–water partition coefficient (Wildman–Crippen LogP) is 1.70. The summed E-state index contributed by atoms with van der Waals surface area (Å²) in [6, 6.07) is 4.45. The monoisotopic (exact) mass is 168 g/mol. The van der Waals surface area contributed by atoms with Crippen molar-refractivity contribution in [2.24, 2.45) is 0 Å². The van der Waals surface area contributed by atoms with E-state index in [-0.39, 0.29) is 11.4 Å². The van der Waals surface area contributed by atoms with E-state index in [1.807, 2.05) is 0 Å². The fraction of sp³-hybridized carbons (Fsp3) is 0.143. The molecule has 0 aliphatic heterocycles. The number of benzene rings is 1. The van der Waals surface area contributed by atoms with Gasteiger partial charge in [-0.05, 0) is 18.6 Å². The number of aryl methyl sites for hydroxylation is 1. The lowest BCUT2D eigenvalue weighted by Gasteiger charge is -2.00. The van der Waals surface area contributed by atoms with E-state index in [9.17, 15) is 10.1 Å². The lowest BCUT2D eigenvalue weighted by Crippen LogP contribution is -1.96. The second kappa shape index (κ2) is 3.19. The van der Waals surface area contributed by atoms with Crippen molar-refractivity contribution >= 4 is 11.4 Å². The Morgan fingerprint density at radius 1 is 1.58 bits per heavy atom. The number of nitrogens with zero attached hydrogens (tertiary/aromatic N) is 1. The zero-order valence-corrected chi connectivity index (χ0v) is 6.44. The summed E-state index contributed by atoms with van der Waals surface area (Å²) in [6.45, 7) is 1.78. The number of anilines is 1. The van der Waals surface area contributed by atoms with Gasteiger partial charge in [-0.1, -0.05) is 6.07 Å². The highest BCUT2D eigenvalue weighted by Crippen LogP contribution is 2.24. The van der Waals surface area contributed by atoms with Gasteiger partial charge in [-0.25, -0.2) is 0 Å². The van der Waals surface area contributed by atoms with Crippen LogP contribution in [0.5, 0.6) is 0 Å². The molecule has 5 heteroatoms. The fourth-order valence-corrected chi connectivity index (χ4v) is 0.899. The minimum Gasteiger partial charge on any atom is -0.291 e. The molecule has 0 radical (unpaired) electrons. The zero-order chi connectivity index (χ0) is 9.14. The van der Waals surface area contributed by atoms with Crippen molar-refractivity contribution in [3.63, 3.8) is 0 Å². The Morgan fingerprint density at radius 2 is 2.25 bits per heavy atom. The summed E-state index contributed by atoms with van der Waals surface area (Å²) in [7, 11) is 0. The summed E-state index contributed by atoms with van der Waals surface area (Å²) in [4.78, 5) is 9.79. The molecule has 0 heterocycles. The first kappa shape index (κ1) is 8.48. The second-order valence-electron chi connectivity index (χ2n) is 2.39. The minimum atomic E-state index is -0.558. The number of hydrogen-bond donors (Lipinski definition) is 2. The molecule has 12 heavy (non-hydrogen) atoms. The van der Waals surface area contributed by atoms with Crippen LogP contribution in [0.2, 0.25) is 0 Å². The molecule has 0 aliphatic rings. The van der Waals surface area contributed by atoms with Crippen LogP contribution in [0.15, 0.2) is 18.2 Å². The third-order valence-electron chi connectivity index (χ3n) is 1.47. The maximum atomic E-state index is 10.3. The second-order valence-corrected chi connectivity index (χ2v) is 2.39. The lowest BCUT2D eigenvalue weighted by molar-refractivity contribution is -0.384. The Bertz CT molecular complexity index is 312. The topological polar surface area (TPSA) is 75.4 Å². The largest absolute Gasteiger partial charge is 0.294 e. The van der Waals surface area contributed by atoms with Gasteiger partial charge < -0.3 is 0 Å². The molecule has 1 aromatic rings. The van der Waals surface area contributed by atoms with Crippen LogP contribution in [0.1, 0.15) is 5.56 Å². The Balaban J connectivity index is 3.20. The first-order chi connectivity index (χ1) is 5.65. The lowest BCUT2D eigenvalue weighted by atomic mass is 10.2. The van der Waals surface area contributed by atoms with Gasteiger partial charge in [-0.3, -0.25) is 20.8 Å².